The van der Waals surface area contributed by atoms with Crippen molar-refractivity contribution in [3.05, 3.63) is 48.2 Å². The van der Waals surface area contributed by atoms with Crippen LogP contribution in [0.4, 0.5) is 0 Å². The quantitative estimate of drug-likeness (QED) is 0.694. The van der Waals surface area contributed by atoms with Crippen LogP contribution < -0.4 is 15.8 Å². The molecule has 0 saturated heterocycles. The Morgan fingerprint density at radius 1 is 1.39 bits per heavy atom. The maximum atomic E-state index is 12.0. The number of aromatic nitrogens is 1. The first-order chi connectivity index (χ1) is 11.2. The van der Waals surface area contributed by atoms with Gasteiger partial charge in [-0.3, -0.25) is 4.79 Å². The molecular weight excluding hydrogens is 294 g/mol. The lowest BCUT2D eigenvalue weighted by atomic mass is 10.1. The highest BCUT2D eigenvalue weighted by atomic mass is 16.5. The van der Waals surface area contributed by atoms with E-state index >= 15 is 0 Å². The van der Waals surface area contributed by atoms with Crippen molar-refractivity contribution in [2.45, 2.75) is 32.2 Å². The number of unbranched alkanes of at least 4 members (excludes halogenated alkanes) is 1. The molecule has 0 aliphatic heterocycles. The van der Waals surface area contributed by atoms with E-state index in [4.69, 9.17) is 14.9 Å². The van der Waals surface area contributed by atoms with Crippen molar-refractivity contribution in [3.63, 3.8) is 0 Å². The number of nitrogens with zero attached hydrogens (tertiary/aromatic N) is 1. The van der Waals surface area contributed by atoms with Crippen LogP contribution in [-0.2, 0) is 0 Å². The van der Waals surface area contributed by atoms with Gasteiger partial charge in [-0.2, -0.15) is 0 Å². The maximum absolute atomic E-state index is 12.0. The Kier molecular flexibility index (Phi) is 6.62. The van der Waals surface area contributed by atoms with E-state index in [-0.39, 0.29) is 17.6 Å². The number of carbonyl (C=O) groups excluding carboxylic acids is 1. The standard InChI is InChI=1S/C17H23N3O3/c1-2-3-9-14(18)17-20-15(12-23-17)16(21)19-10-11-22-13-7-5-4-6-8-13/h4-8,12,14H,2-3,9-11,18H2,1H3,(H,19,21). The van der Waals surface area contributed by atoms with Gasteiger partial charge in [0.05, 0.1) is 12.6 Å². The number of ether oxygens (including phenoxy) is 1. The lowest BCUT2D eigenvalue weighted by molar-refractivity contribution is 0.0942. The summed E-state index contributed by atoms with van der Waals surface area (Å²) in [5.41, 5.74) is 6.21. The van der Waals surface area contributed by atoms with E-state index in [1.165, 1.54) is 6.26 Å². The van der Waals surface area contributed by atoms with Crippen LogP contribution in [-0.4, -0.2) is 24.0 Å². The number of amides is 1. The molecule has 2 rings (SSSR count). The Bertz CT molecular complexity index is 598. The molecule has 23 heavy (non-hydrogen) atoms. The molecule has 6 nitrogen and oxygen atoms in total. The molecule has 1 aromatic carbocycles. The Labute approximate surface area is 136 Å². The van der Waals surface area contributed by atoms with Crippen molar-refractivity contribution in [1.29, 1.82) is 0 Å². The number of oxazole rings is 1. The van der Waals surface area contributed by atoms with Crippen molar-refractivity contribution in [1.82, 2.24) is 10.3 Å². The van der Waals surface area contributed by atoms with Gasteiger partial charge in [0.15, 0.2) is 5.69 Å². The summed E-state index contributed by atoms with van der Waals surface area (Å²) in [5.74, 6) is 0.885. The summed E-state index contributed by atoms with van der Waals surface area (Å²) in [7, 11) is 0. The lowest BCUT2D eigenvalue weighted by Crippen LogP contribution is -2.28. The van der Waals surface area contributed by atoms with E-state index in [2.05, 4.69) is 17.2 Å². The second kappa shape index (κ2) is 8.95. The molecule has 3 N–H and O–H groups in total. The first-order valence-corrected chi connectivity index (χ1v) is 7.87. The lowest BCUT2D eigenvalue weighted by Gasteiger charge is -2.06. The molecule has 124 valence electrons. The zero-order valence-electron chi connectivity index (χ0n) is 13.3. The highest BCUT2D eigenvalue weighted by Crippen LogP contribution is 2.16. The van der Waals surface area contributed by atoms with Crippen molar-refractivity contribution in [3.8, 4) is 5.75 Å². The molecule has 2 aromatic rings. The number of hydrogen-bond acceptors (Lipinski definition) is 5. The third kappa shape index (κ3) is 5.41. The minimum atomic E-state index is -0.292. The number of benzene rings is 1. The molecule has 1 unspecified atom stereocenters. The molecule has 0 bridgehead atoms. The molecule has 1 amide bonds. The van der Waals surface area contributed by atoms with E-state index < -0.39 is 0 Å². The fourth-order valence-corrected chi connectivity index (χ4v) is 2.05. The largest absolute Gasteiger partial charge is 0.492 e. The number of nitrogens with two attached hydrogens (primary N) is 1. The van der Waals surface area contributed by atoms with Gasteiger partial charge in [0.1, 0.15) is 18.6 Å². The van der Waals surface area contributed by atoms with Gasteiger partial charge in [-0.1, -0.05) is 38.0 Å². The van der Waals surface area contributed by atoms with Crippen LogP contribution in [0.3, 0.4) is 0 Å². The second-order valence-corrected chi connectivity index (χ2v) is 5.24. The summed E-state index contributed by atoms with van der Waals surface area (Å²) in [6, 6.07) is 9.17. The average Bonchev–Trinajstić information content (AvgIpc) is 3.07. The third-order valence-corrected chi connectivity index (χ3v) is 3.34. The highest BCUT2D eigenvalue weighted by molar-refractivity contribution is 5.91. The zero-order valence-corrected chi connectivity index (χ0v) is 13.3. The van der Waals surface area contributed by atoms with Gasteiger partial charge in [-0.25, -0.2) is 4.98 Å². The fraction of sp³-hybridized carbons (Fsp3) is 0.412. The van der Waals surface area contributed by atoms with Gasteiger partial charge < -0.3 is 20.2 Å². The van der Waals surface area contributed by atoms with Gasteiger partial charge in [0.25, 0.3) is 5.91 Å². The van der Waals surface area contributed by atoms with Gasteiger partial charge in [-0.05, 0) is 18.6 Å². The Hall–Kier alpha value is -2.34. The Morgan fingerprint density at radius 3 is 2.91 bits per heavy atom. The Morgan fingerprint density at radius 2 is 2.17 bits per heavy atom. The SMILES string of the molecule is CCCCC(N)c1nc(C(=O)NCCOc2ccccc2)co1. The molecule has 1 atom stereocenters. The number of hydrogen-bond donors (Lipinski definition) is 2. The van der Waals surface area contributed by atoms with Crippen LogP contribution in [0.1, 0.15) is 48.6 Å². The Balaban J connectivity index is 1.74. The topological polar surface area (TPSA) is 90.4 Å². The van der Waals surface area contributed by atoms with Crippen molar-refractivity contribution >= 4 is 5.91 Å². The summed E-state index contributed by atoms with van der Waals surface area (Å²) < 4.78 is 10.8. The molecule has 0 spiro atoms. The number of nitrogens with one attached hydrogen (secondary N) is 1. The first-order valence-electron chi connectivity index (χ1n) is 7.87. The van der Waals surface area contributed by atoms with Gasteiger partial charge in [-0.15, -0.1) is 0 Å². The predicted molar refractivity (Wildman–Crippen MR) is 87.2 cm³/mol. The van der Waals surface area contributed by atoms with Crippen LogP contribution in [0.2, 0.25) is 0 Å². The average molecular weight is 317 g/mol. The molecule has 0 radical (unpaired) electrons. The maximum Gasteiger partial charge on any atom is 0.273 e. The molecule has 6 heteroatoms. The molecule has 1 aromatic heterocycles. The summed E-state index contributed by atoms with van der Waals surface area (Å²) in [5, 5.41) is 2.74. The summed E-state index contributed by atoms with van der Waals surface area (Å²) >= 11 is 0. The molecule has 0 fully saturated rings. The second-order valence-electron chi connectivity index (χ2n) is 5.24. The van der Waals surface area contributed by atoms with Crippen LogP contribution in [0.25, 0.3) is 0 Å². The predicted octanol–water partition coefficient (Wildman–Crippen LogP) is 2.67. The van der Waals surface area contributed by atoms with Gasteiger partial charge >= 0.3 is 0 Å². The van der Waals surface area contributed by atoms with E-state index in [1.807, 2.05) is 30.3 Å². The molecule has 0 aliphatic carbocycles. The minimum Gasteiger partial charge on any atom is -0.492 e. The van der Waals surface area contributed by atoms with E-state index in [9.17, 15) is 4.79 Å². The van der Waals surface area contributed by atoms with Crippen molar-refractivity contribution in [2.24, 2.45) is 5.73 Å². The van der Waals surface area contributed by atoms with Crippen molar-refractivity contribution < 1.29 is 13.9 Å². The summed E-state index contributed by atoms with van der Waals surface area (Å²) in [6.07, 6.45) is 4.20. The minimum absolute atomic E-state index is 0.242. The first kappa shape index (κ1) is 17.0. The van der Waals surface area contributed by atoms with E-state index in [0.29, 0.717) is 19.0 Å². The molecule has 0 saturated carbocycles. The smallest absolute Gasteiger partial charge is 0.273 e. The number of para-hydroxylation sites is 1. The van der Waals surface area contributed by atoms with Crippen LogP contribution in [0.5, 0.6) is 5.75 Å². The van der Waals surface area contributed by atoms with Crippen LogP contribution in [0.15, 0.2) is 41.0 Å². The van der Waals surface area contributed by atoms with Gasteiger partial charge in [0.2, 0.25) is 5.89 Å². The number of rotatable bonds is 9. The van der Waals surface area contributed by atoms with E-state index in [0.717, 1.165) is 25.0 Å². The summed E-state index contributed by atoms with van der Waals surface area (Å²) in [4.78, 5) is 16.1. The molecule has 0 aliphatic rings. The van der Waals surface area contributed by atoms with E-state index in [1.54, 1.807) is 0 Å². The normalized spacial score (nSPS) is 11.9. The molecule has 1 heterocycles. The summed E-state index contributed by atoms with van der Waals surface area (Å²) in [6.45, 7) is 2.87. The highest BCUT2D eigenvalue weighted by Gasteiger charge is 2.16. The monoisotopic (exact) mass is 317 g/mol. The number of carbonyl (C=O) groups is 1. The zero-order chi connectivity index (χ0) is 16.5. The third-order valence-electron chi connectivity index (χ3n) is 3.34. The van der Waals surface area contributed by atoms with Gasteiger partial charge in [0, 0.05) is 0 Å². The van der Waals surface area contributed by atoms with Crippen molar-refractivity contribution in [2.75, 3.05) is 13.2 Å². The van der Waals surface area contributed by atoms with Crippen LogP contribution >= 0.6 is 0 Å². The molecular formula is C17H23N3O3. The van der Waals surface area contributed by atoms with Crippen LogP contribution in [0, 0.1) is 0 Å². The fourth-order valence-electron chi connectivity index (χ4n) is 2.05.